The van der Waals surface area contributed by atoms with Crippen LogP contribution >= 0.6 is 11.6 Å². The molecule has 1 aromatic carbocycles. The fraction of sp³-hybridized carbons (Fsp3) is 0.143. The van der Waals surface area contributed by atoms with Gasteiger partial charge in [-0.1, -0.05) is 17.7 Å². The maximum Gasteiger partial charge on any atom is 0.273 e. The van der Waals surface area contributed by atoms with E-state index in [0.29, 0.717) is 16.5 Å². The van der Waals surface area contributed by atoms with E-state index in [2.05, 4.69) is 10.4 Å². The van der Waals surface area contributed by atoms with Crippen molar-refractivity contribution in [2.75, 3.05) is 5.32 Å². The predicted molar refractivity (Wildman–Crippen MR) is 79.1 cm³/mol. The van der Waals surface area contributed by atoms with E-state index in [1.807, 2.05) is 29.8 Å². The summed E-state index contributed by atoms with van der Waals surface area (Å²) in [5.74, 6) is 0.312. The summed E-state index contributed by atoms with van der Waals surface area (Å²) >= 11 is 6.15. The third-order valence-corrected chi connectivity index (χ3v) is 3.55. The number of anilines is 1. The van der Waals surface area contributed by atoms with Crippen LogP contribution in [-0.2, 0) is 14.1 Å². The lowest BCUT2D eigenvalue weighted by Crippen LogP contribution is -2.15. The number of nitrogens with zero attached hydrogens (tertiary/aromatic N) is 3. The number of hydrogen-bond donors (Lipinski definition) is 1. The van der Waals surface area contributed by atoms with Crippen molar-refractivity contribution in [3.8, 4) is 0 Å². The van der Waals surface area contributed by atoms with E-state index in [1.54, 1.807) is 30.1 Å². The van der Waals surface area contributed by atoms with Crippen molar-refractivity contribution >= 4 is 34.2 Å². The van der Waals surface area contributed by atoms with Gasteiger partial charge in [0.15, 0.2) is 5.82 Å². The van der Waals surface area contributed by atoms with Gasteiger partial charge >= 0.3 is 0 Å². The zero-order chi connectivity index (χ0) is 14.3. The highest BCUT2D eigenvalue weighted by molar-refractivity contribution is 6.35. The minimum Gasteiger partial charge on any atom is -0.340 e. The summed E-state index contributed by atoms with van der Waals surface area (Å²) in [5.41, 5.74) is 1.46. The molecule has 3 rings (SSSR count). The number of halogens is 1. The molecule has 0 atom stereocenters. The van der Waals surface area contributed by atoms with Crippen LogP contribution in [0.1, 0.15) is 10.5 Å². The van der Waals surface area contributed by atoms with Crippen molar-refractivity contribution in [1.29, 1.82) is 0 Å². The molecule has 0 bridgehead atoms. The van der Waals surface area contributed by atoms with Gasteiger partial charge in [-0.15, -0.1) is 0 Å². The molecule has 3 aromatic rings. The smallest absolute Gasteiger partial charge is 0.273 e. The number of carbonyl (C=O) groups excluding carboxylic acids is 1. The average molecular weight is 289 g/mol. The second kappa shape index (κ2) is 4.68. The highest BCUT2D eigenvalue weighted by atomic mass is 35.5. The van der Waals surface area contributed by atoms with Gasteiger partial charge in [-0.25, -0.2) is 0 Å². The maximum absolute atomic E-state index is 12.3. The Kier molecular flexibility index (Phi) is 2.99. The van der Waals surface area contributed by atoms with Gasteiger partial charge in [-0.2, -0.15) is 5.10 Å². The SMILES string of the molecule is Cn1ccc(NC(=O)c2cc3c(Cl)cccc3n2C)n1. The van der Waals surface area contributed by atoms with E-state index in [4.69, 9.17) is 11.6 Å². The summed E-state index contributed by atoms with van der Waals surface area (Å²) in [5, 5.41) is 8.39. The number of benzene rings is 1. The lowest BCUT2D eigenvalue weighted by Gasteiger charge is -2.04. The molecule has 1 N–H and O–H groups in total. The molecule has 0 aliphatic carbocycles. The van der Waals surface area contributed by atoms with Gasteiger partial charge in [0.05, 0.1) is 0 Å². The van der Waals surface area contributed by atoms with Crippen molar-refractivity contribution in [2.24, 2.45) is 14.1 Å². The summed E-state index contributed by atoms with van der Waals surface area (Å²) in [4.78, 5) is 12.3. The van der Waals surface area contributed by atoms with Crippen LogP contribution in [0.4, 0.5) is 5.82 Å². The van der Waals surface area contributed by atoms with Gasteiger partial charge in [-0.3, -0.25) is 9.48 Å². The van der Waals surface area contributed by atoms with Crippen LogP contribution in [0, 0.1) is 0 Å². The van der Waals surface area contributed by atoms with E-state index >= 15 is 0 Å². The van der Waals surface area contributed by atoms with Gasteiger partial charge in [0, 0.05) is 42.3 Å². The number of hydrogen-bond acceptors (Lipinski definition) is 2. The predicted octanol–water partition coefficient (Wildman–Crippen LogP) is 2.82. The van der Waals surface area contributed by atoms with Gasteiger partial charge in [-0.05, 0) is 18.2 Å². The molecule has 20 heavy (non-hydrogen) atoms. The maximum atomic E-state index is 12.3. The molecule has 6 heteroatoms. The van der Waals surface area contributed by atoms with Gasteiger partial charge in [0.1, 0.15) is 5.69 Å². The molecular weight excluding hydrogens is 276 g/mol. The quantitative estimate of drug-likeness (QED) is 0.788. The average Bonchev–Trinajstić information content (AvgIpc) is 2.95. The fourth-order valence-corrected chi connectivity index (χ4v) is 2.43. The van der Waals surface area contributed by atoms with Crippen LogP contribution in [-0.4, -0.2) is 20.3 Å². The van der Waals surface area contributed by atoms with Crippen LogP contribution in [0.2, 0.25) is 5.02 Å². The standard InChI is InChI=1S/C14H13ClN4O/c1-18-7-6-13(17-18)16-14(20)12-8-9-10(15)4-3-5-11(9)19(12)2/h3-8H,1-2H3,(H,16,17,20). The number of carbonyl (C=O) groups is 1. The van der Waals surface area contributed by atoms with Crippen LogP contribution in [0.5, 0.6) is 0 Å². The topological polar surface area (TPSA) is 51.9 Å². The Hall–Kier alpha value is -2.27. The van der Waals surface area contributed by atoms with Crippen molar-refractivity contribution in [3.05, 3.63) is 47.2 Å². The Morgan fingerprint density at radius 2 is 2.10 bits per heavy atom. The number of aromatic nitrogens is 3. The second-order valence-corrected chi connectivity index (χ2v) is 5.00. The number of nitrogens with one attached hydrogen (secondary N) is 1. The minimum atomic E-state index is -0.210. The van der Waals surface area contributed by atoms with Crippen molar-refractivity contribution < 1.29 is 4.79 Å². The number of amides is 1. The molecule has 5 nitrogen and oxygen atoms in total. The van der Waals surface area contributed by atoms with Crippen LogP contribution in [0.3, 0.4) is 0 Å². The second-order valence-electron chi connectivity index (χ2n) is 4.59. The van der Waals surface area contributed by atoms with Gasteiger partial charge < -0.3 is 9.88 Å². The normalized spacial score (nSPS) is 10.9. The number of rotatable bonds is 2. The molecular formula is C14H13ClN4O. The summed E-state index contributed by atoms with van der Waals surface area (Å²) in [6.07, 6.45) is 1.77. The third-order valence-electron chi connectivity index (χ3n) is 3.22. The molecule has 0 unspecified atom stereocenters. The Bertz CT molecular complexity index is 803. The first kappa shape index (κ1) is 12.7. The molecule has 0 radical (unpaired) electrons. The summed E-state index contributed by atoms with van der Waals surface area (Å²) in [6, 6.07) is 9.14. The highest BCUT2D eigenvalue weighted by Gasteiger charge is 2.15. The first-order valence-electron chi connectivity index (χ1n) is 6.11. The fourth-order valence-electron chi connectivity index (χ4n) is 2.20. The first-order chi connectivity index (χ1) is 9.56. The van der Waals surface area contributed by atoms with E-state index in [9.17, 15) is 4.79 Å². The van der Waals surface area contributed by atoms with Gasteiger partial charge in [0.2, 0.25) is 0 Å². The van der Waals surface area contributed by atoms with Crippen molar-refractivity contribution in [2.45, 2.75) is 0 Å². The van der Waals surface area contributed by atoms with E-state index in [0.717, 1.165) is 10.9 Å². The molecule has 0 saturated carbocycles. The van der Waals surface area contributed by atoms with E-state index in [1.165, 1.54) is 0 Å². The molecule has 0 aliphatic rings. The van der Waals surface area contributed by atoms with E-state index in [-0.39, 0.29) is 5.91 Å². The minimum absolute atomic E-state index is 0.210. The monoisotopic (exact) mass is 288 g/mol. The lowest BCUT2D eigenvalue weighted by atomic mass is 10.2. The molecule has 2 heterocycles. The van der Waals surface area contributed by atoms with Gasteiger partial charge in [0.25, 0.3) is 5.91 Å². The highest BCUT2D eigenvalue weighted by Crippen LogP contribution is 2.26. The lowest BCUT2D eigenvalue weighted by molar-refractivity contribution is 0.101. The molecule has 0 spiro atoms. The van der Waals surface area contributed by atoms with E-state index < -0.39 is 0 Å². The summed E-state index contributed by atoms with van der Waals surface area (Å²) in [6.45, 7) is 0. The Labute approximate surface area is 120 Å². The molecule has 1 amide bonds. The van der Waals surface area contributed by atoms with Crippen molar-refractivity contribution in [3.63, 3.8) is 0 Å². The molecule has 0 saturated heterocycles. The Morgan fingerprint density at radius 1 is 1.30 bits per heavy atom. The third kappa shape index (κ3) is 2.06. The zero-order valence-corrected chi connectivity index (χ0v) is 11.8. The summed E-state index contributed by atoms with van der Waals surface area (Å²) in [7, 11) is 3.64. The molecule has 0 aliphatic heterocycles. The summed E-state index contributed by atoms with van der Waals surface area (Å²) < 4.78 is 3.45. The molecule has 102 valence electrons. The van der Waals surface area contributed by atoms with Crippen molar-refractivity contribution in [1.82, 2.24) is 14.3 Å². The largest absolute Gasteiger partial charge is 0.340 e. The molecule has 0 fully saturated rings. The van der Waals surface area contributed by atoms with Crippen LogP contribution in [0.25, 0.3) is 10.9 Å². The van der Waals surface area contributed by atoms with Crippen LogP contribution in [0.15, 0.2) is 36.5 Å². The zero-order valence-electron chi connectivity index (χ0n) is 11.1. The molecule has 2 aromatic heterocycles. The number of fused-ring (bicyclic) bond motifs is 1. The number of aryl methyl sites for hydroxylation is 2. The Morgan fingerprint density at radius 3 is 2.75 bits per heavy atom. The Balaban J connectivity index is 1.99. The van der Waals surface area contributed by atoms with Crippen LogP contribution < -0.4 is 5.32 Å². The first-order valence-corrected chi connectivity index (χ1v) is 6.49.